The topological polar surface area (TPSA) is 44.8 Å². The van der Waals surface area contributed by atoms with E-state index in [9.17, 15) is 13.6 Å². The van der Waals surface area contributed by atoms with Crippen LogP contribution in [-0.4, -0.2) is 49.3 Å². The van der Waals surface area contributed by atoms with Gasteiger partial charge in [0.15, 0.2) is 0 Å². The predicted molar refractivity (Wildman–Crippen MR) is 131 cm³/mol. The van der Waals surface area contributed by atoms with Crippen molar-refractivity contribution in [1.82, 2.24) is 10.2 Å². The van der Waals surface area contributed by atoms with Gasteiger partial charge in [0.1, 0.15) is 23.3 Å². The Hall–Kier alpha value is -3.29. The number of carbonyl (C=O) groups excluding carboxylic acids is 1. The van der Waals surface area contributed by atoms with E-state index in [4.69, 9.17) is 4.74 Å². The maximum absolute atomic E-state index is 13.5. The molecule has 2 saturated heterocycles. The van der Waals surface area contributed by atoms with Crippen molar-refractivity contribution in [1.29, 1.82) is 0 Å². The second kappa shape index (κ2) is 10.1. The first-order valence-electron chi connectivity index (χ1n) is 12.0. The third-order valence-corrected chi connectivity index (χ3v) is 7.13. The lowest BCUT2D eigenvalue weighted by Gasteiger charge is -2.43. The minimum absolute atomic E-state index is 0.102. The quantitative estimate of drug-likeness (QED) is 0.544. The number of ether oxygens (including phenoxy) is 1. The highest BCUT2D eigenvalue weighted by molar-refractivity contribution is 5.93. The molecule has 35 heavy (non-hydrogen) atoms. The molecule has 2 fully saturated rings. The molecule has 5 rings (SSSR count). The minimum Gasteiger partial charge on any atom is -0.367 e. The molecule has 5 nitrogen and oxygen atoms in total. The summed E-state index contributed by atoms with van der Waals surface area (Å²) in [4.78, 5) is 17.4. The van der Waals surface area contributed by atoms with Crippen molar-refractivity contribution in [3.63, 3.8) is 0 Å². The van der Waals surface area contributed by atoms with Gasteiger partial charge in [-0.1, -0.05) is 42.5 Å². The number of nitrogens with one attached hydrogen (secondary N) is 1. The van der Waals surface area contributed by atoms with E-state index < -0.39 is 11.6 Å². The number of hydrogen-bond donors (Lipinski definition) is 1. The highest BCUT2D eigenvalue weighted by atomic mass is 19.1. The van der Waals surface area contributed by atoms with Crippen molar-refractivity contribution in [2.45, 2.75) is 24.5 Å². The van der Waals surface area contributed by atoms with E-state index in [2.05, 4.69) is 15.1 Å². The maximum atomic E-state index is 13.5. The van der Waals surface area contributed by atoms with Gasteiger partial charge in [0.05, 0.1) is 13.3 Å². The Morgan fingerprint density at radius 3 is 2.00 bits per heavy atom. The number of anilines is 1. The Morgan fingerprint density at radius 1 is 0.857 bits per heavy atom. The zero-order valence-electron chi connectivity index (χ0n) is 19.5. The third kappa shape index (κ3) is 4.92. The number of nitrogens with zero attached hydrogens (tertiary/aromatic N) is 2. The second-order valence-corrected chi connectivity index (χ2v) is 9.15. The summed E-state index contributed by atoms with van der Waals surface area (Å²) in [7, 11) is 0. The van der Waals surface area contributed by atoms with Crippen LogP contribution in [0.1, 0.15) is 30.1 Å². The number of carbonyl (C=O) groups is 1. The van der Waals surface area contributed by atoms with Crippen LogP contribution in [0.4, 0.5) is 14.5 Å². The van der Waals surface area contributed by atoms with Crippen LogP contribution in [0.25, 0.3) is 0 Å². The highest BCUT2D eigenvalue weighted by Gasteiger charge is 2.50. The summed E-state index contributed by atoms with van der Waals surface area (Å²) in [6, 6.07) is 22.5. The molecule has 3 aromatic rings. The molecule has 0 atom stereocenters. The molecule has 2 aliphatic heterocycles. The van der Waals surface area contributed by atoms with Gasteiger partial charge in [0.2, 0.25) is 5.91 Å². The van der Waals surface area contributed by atoms with Crippen LogP contribution in [-0.2, 0) is 9.53 Å². The van der Waals surface area contributed by atoms with Gasteiger partial charge in [-0.2, -0.15) is 0 Å². The summed E-state index contributed by atoms with van der Waals surface area (Å²) in [5.74, 6) is -0.520. The largest absolute Gasteiger partial charge is 0.367 e. The Morgan fingerprint density at radius 2 is 1.43 bits per heavy atom. The van der Waals surface area contributed by atoms with Crippen LogP contribution in [0.2, 0.25) is 0 Å². The first-order chi connectivity index (χ1) is 17.0. The number of amides is 1. The fourth-order valence-electron chi connectivity index (χ4n) is 5.14. The molecule has 3 aromatic carbocycles. The smallest absolute Gasteiger partial charge is 0.247 e. The van der Waals surface area contributed by atoms with E-state index in [0.717, 1.165) is 42.7 Å². The van der Waals surface area contributed by atoms with E-state index in [1.54, 1.807) is 24.3 Å². The number of rotatable bonds is 7. The summed E-state index contributed by atoms with van der Waals surface area (Å²) in [5.41, 5.74) is 2.18. The molecule has 0 aromatic heterocycles. The predicted octanol–water partition coefficient (Wildman–Crippen LogP) is 4.50. The molecule has 0 saturated carbocycles. The molecular weight excluding hydrogens is 448 g/mol. The summed E-state index contributed by atoms with van der Waals surface area (Å²) in [6.45, 7) is 3.28. The molecule has 1 N–H and O–H groups in total. The lowest BCUT2D eigenvalue weighted by molar-refractivity contribution is -0.125. The molecule has 1 amide bonds. The van der Waals surface area contributed by atoms with Crippen LogP contribution in [0, 0.1) is 11.6 Å². The van der Waals surface area contributed by atoms with E-state index in [1.807, 2.05) is 30.3 Å². The lowest BCUT2D eigenvalue weighted by Crippen LogP contribution is -2.56. The molecule has 0 unspecified atom stereocenters. The summed E-state index contributed by atoms with van der Waals surface area (Å²) >= 11 is 0. The molecule has 0 radical (unpaired) electrons. The molecule has 182 valence electrons. The average Bonchev–Trinajstić information content (AvgIpc) is 3.20. The molecule has 0 aliphatic carbocycles. The van der Waals surface area contributed by atoms with Crippen molar-refractivity contribution in [3.8, 4) is 0 Å². The van der Waals surface area contributed by atoms with Gasteiger partial charge in [-0.15, -0.1) is 0 Å². The van der Waals surface area contributed by atoms with Gasteiger partial charge in [0.25, 0.3) is 0 Å². The standard InChI is InChI=1S/C28H29F2N3O2/c29-23-10-6-21(7-11-23)26(22-8-12-24(30)13-9-22)35-19-18-32-16-14-28(15-17-32)27(34)31-20-33(28)25-4-2-1-3-5-25/h1-13,26H,14-20H2,(H,31,34). The first kappa shape index (κ1) is 23.5. The number of benzene rings is 3. The highest BCUT2D eigenvalue weighted by Crippen LogP contribution is 2.36. The first-order valence-corrected chi connectivity index (χ1v) is 12.0. The molecule has 7 heteroatoms. The molecule has 2 aliphatic rings. The van der Waals surface area contributed by atoms with Gasteiger partial charge >= 0.3 is 0 Å². The number of likely N-dealkylation sites (tertiary alicyclic amines) is 1. The van der Waals surface area contributed by atoms with Crippen molar-refractivity contribution in [2.24, 2.45) is 0 Å². The Bertz CT molecular complexity index is 1090. The summed E-state index contributed by atoms with van der Waals surface area (Å²) < 4.78 is 33.2. The molecule has 2 heterocycles. The van der Waals surface area contributed by atoms with Crippen LogP contribution >= 0.6 is 0 Å². The van der Waals surface area contributed by atoms with Crippen LogP contribution in [0.5, 0.6) is 0 Å². The number of hydrogen-bond acceptors (Lipinski definition) is 4. The summed E-state index contributed by atoms with van der Waals surface area (Å²) in [6.07, 6.45) is 1.07. The van der Waals surface area contributed by atoms with Gasteiger partial charge in [-0.25, -0.2) is 8.78 Å². The Kier molecular flexibility index (Phi) is 6.79. The SMILES string of the molecule is O=C1NCN(c2ccccc2)C12CCN(CCOC(c1ccc(F)cc1)c1ccc(F)cc1)CC2. The fraction of sp³-hybridized carbons (Fsp3) is 0.321. The zero-order chi connectivity index (χ0) is 24.3. The Labute approximate surface area is 204 Å². The maximum Gasteiger partial charge on any atom is 0.247 e. The number of para-hydroxylation sites is 1. The van der Waals surface area contributed by atoms with Crippen LogP contribution < -0.4 is 10.2 Å². The zero-order valence-corrected chi connectivity index (χ0v) is 19.5. The lowest BCUT2D eigenvalue weighted by atomic mass is 9.85. The summed E-state index contributed by atoms with van der Waals surface area (Å²) in [5, 5.41) is 3.04. The fourth-order valence-corrected chi connectivity index (χ4v) is 5.14. The van der Waals surface area contributed by atoms with Crippen LogP contribution in [0.3, 0.4) is 0 Å². The number of piperidine rings is 1. The monoisotopic (exact) mass is 477 g/mol. The molecular formula is C28H29F2N3O2. The van der Waals surface area contributed by atoms with Gasteiger partial charge < -0.3 is 19.9 Å². The average molecular weight is 478 g/mol. The second-order valence-electron chi connectivity index (χ2n) is 9.15. The van der Waals surface area contributed by atoms with Gasteiger partial charge in [-0.05, 0) is 60.4 Å². The molecule has 1 spiro atoms. The Balaban J connectivity index is 1.22. The van der Waals surface area contributed by atoms with Crippen molar-refractivity contribution >= 4 is 11.6 Å². The van der Waals surface area contributed by atoms with E-state index in [-0.39, 0.29) is 17.5 Å². The van der Waals surface area contributed by atoms with Crippen molar-refractivity contribution in [2.75, 3.05) is 37.8 Å². The van der Waals surface area contributed by atoms with Gasteiger partial charge in [0, 0.05) is 25.3 Å². The minimum atomic E-state index is -0.510. The van der Waals surface area contributed by atoms with Gasteiger partial charge in [-0.3, -0.25) is 4.79 Å². The molecule has 0 bridgehead atoms. The van der Waals surface area contributed by atoms with Crippen LogP contribution in [0.15, 0.2) is 78.9 Å². The normalized spacial score (nSPS) is 17.8. The third-order valence-electron chi connectivity index (χ3n) is 7.13. The van der Waals surface area contributed by atoms with E-state index in [1.165, 1.54) is 24.3 Å². The van der Waals surface area contributed by atoms with E-state index >= 15 is 0 Å². The van der Waals surface area contributed by atoms with Crippen molar-refractivity contribution in [3.05, 3.63) is 102 Å². The number of halogens is 2. The van der Waals surface area contributed by atoms with Crippen molar-refractivity contribution < 1.29 is 18.3 Å². The van der Waals surface area contributed by atoms with E-state index in [0.29, 0.717) is 19.8 Å².